The minimum atomic E-state index is -4.23. The smallest absolute Gasteiger partial charge is 1.00 e. The first-order valence-electron chi connectivity index (χ1n) is 5.61. The molecule has 2 rings (SSSR count). The van der Waals surface area contributed by atoms with Gasteiger partial charge >= 0.3 is 29.6 Å². The molecule has 4 N–H and O–H groups in total. The Bertz CT molecular complexity index is 734. The van der Waals surface area contributed by atoms with Crippen molar-refractivity contribution in [1.82, 2.24) is 0 Å². The molecule has 2 aromatic rings. The Morgan fingerprint density at radius 2 is 1.57 bits per heavy atom. The zero-order valence-corrected chi connectivity index (χ0v) is 14.1. The van der Waals surface area contributed by atoms with Gasteiger partial charge < -0.3 is 12.5 Å². The largest absolute Gasteiger partial charge is 1.00 e. The van der Waals surface area contributed by atoms with Crippen LogP contribution >= 0.6 is 0 Å². The van der Waals surface area contributed by atoms with Gasteiger partial charge in [-0.1, -0.05) is 0 Å². The molecule has 21 heavy (non-hydrogen) atoms. The van der Waals surface area contributed by atoms with Crippen molar-refractivity contribution >= 4 is 27.4 Å². The van der Waals surface area contributed by atoms with Gasteiger partial charge in [-0.3, -0.25) is 9.35 Å². The first-order chi connectivity index (χ1) is 9.36. The van der Waals surface area contributed by atoms with Crippen LogP contribution in [-0.2, 0) is 10.1 Å². The zero-order chi connectivity index (χ0) is 14.8. The summed E-state index contributed by atoms with van der Waals surface area (Å²) < 4.78 is 30.6. The Kier molecular flexibility index (Phi) is 5.94. The van der Waals surface area contributed by atoms with Crippen LogP contribution in [0.5, 0.6) is 0 Å². The number of amides is 1. The van der Waals surface area contributed by atoms with Crippen LogP contribution in [0.2, 0.25) is 0 Å². The molecule has 0 heterocycles. The third-order valence-corrected chi connectivity index (χ3v) is 3.45. The van der Waals surface area contributed by atoms with Crippen molar-refractivity contribution in [2.45, 2.75) is 4.90 Å². The van der Waals surface area contributed by atoms with Gasteiger partial charge in [-0.05, 0) is 48.5 Å². The summed E-state index contributed by atoms with van der Waals surface area (Å²) in [5, 5.41) is 2.60. The van der Waals surface area contributed by atoms with E-state index in [0.29, 0.717) is 16.9 Å². The van der Waals surface area contributed by atoms with E-state index in [4.69, 9.17) is 10.3 Å². The maximum absolute atomic E-state index is 11.9. The van der Waals surface area contributed by atoms with E-state index < -0.39 is 10.1 Å². The fourth-order valence-corrected chi connectivity index (χ4v) is 2.03. The second-order valence-corrected chi connectivity index (χ2v) is 5.50. The average molecular weight is 316 g/mol. The van der Waals surface area contributed by atoms with Crippen molar-refractivity contribution in [3.8, 4) is 0 Å². The van der Waals surface area contributed by atoms with Crippen molar-refractivity contribution < 1.29 is 48.7 Å². The van der Waals surface area contributed by atoms with Gasteiger partial charge in [0.05, 0.1) is 4.90 Å². The second-order valence-electron chi connectivity index (χ2n) is 4.08. The topological polar surface area (TPSA) is 109 Å². The number of hydrogen-bond acceptors (Lipinski definition) is 4. The van der Waals surface area contributed by atoms with E-state index in [9.17, 15) is 13.2 Å². The molecule has 0 spiro atoms. The Hall–Kier alpha value is -1.38. The molecule has 0 aliphatic carbocycles. The number of benzene rings is 2. The maximum Gasteiger partial charge on any atom is 1.00 e. The normalized spacial score (nSPS) is 10.5. The first kappa shape index (κ1) is 17.7. The van der Waals surface area contributed by atoms with E-state index >= 15 is 0 Å². The summed E-state index contributed by atoms with van der Waals surface area (Å²) in [7, 11) is -4.23. The SMILES string of the molecule is Nc1ccc(C(=O)Nc2ccc(S(=O)(=O)O)cc2)cc1.[H-].[Na+]. The van der Waals surface area contributed by atoms with Crippen molar-refractivity contribution in [3.05, 3.63) is 54.1 Å². The van der Waals surface area contributed by atoms with Crippen molar-refractivity contribution in [2.75, 3.05) is 11.1 Å². The summed E-state index contributed by atoms with van der Waals surface area (Å²) in [6, 6.07) is 11.6. The number of rotatable bonds is 3. The Morgan fingerprint density at radius 1 is 1.05 bits per heavy atom. The van der Waals surface area contributed by atoms with Gasteiger partial charge in [0.2, 0.25) is 0 Å². The van der Waals surface area contributed by atoms with E-state index in [0.717, 1.165) is 0 Å². The summed E-state index contributed by atoms with van der Waals surface area (Å²) in [4.78, 5) is 11.7. The van der Waals surface area contributed by atoms with Gasteiger partial charge in [0, 0.05) is 16.9 Å². The predicted molar refractivity (Wildman–Crippen MR) is 76.2 cm³/mol. The van der Waals surface area contributed by atoms with Gasteiger partial charge in [-0.25, -0.2) is 0 Å². The molecule has 0 unspecified atom stereocenters. The second kappa shape index (κ2) is 7.06. The number of anilines is 2. The molecule has 0 saturated carbocycles. The number of hydrogen-bond donors (Lipinski definition) is 3. The molecule has 106 valence electrons. The van der Waals surface area contributed by atoms with E-state index in [1.807, 2.05) is 0 Å². The fourth-order valence-electron chi connectivity index (χ4n) is 1.55. The molecule has 0 saturated heterocycles. The third-order valence-electron chi connectivity index (χ3n) is 2.58. The summed E-state index contributed by atoms with van der Waals surface area (Å²) in [5.74, 6) is -0.343. The molecular formula is C13H13N2NaO4S. The van der Waals surface area contributed by atoms with E-state index in [-0.39, 0.29) is 41.8 Å². The van der Waals surface area contributed by atoms with Gasteiger partial charge in [0.15, 0.2) is 0 Å². The molecule has 0 atom stereocenters. The average Bonchev–Trinajstić information content (AvgIpc) is 2.39. The summed E-state index contributed by atoms with van der Waals surface area (Å²) in [6.45, 7) is 0. The number of nitrogens with two attached hydrogens (primary N) is 1. The summed E-state index contributed by atoms with van der Waals surface area (Å²) >= 11 is 0. The van der Waals surface area contributed by atoms with Crippen LogP contribution in [0.4, 0.5) is 11.4 Å². The van der Waals surface area contributed by atoms with Crippen molar-refractivity contribution in [3.63, 3.8) is 0 Å². The van der Waals surface area contributed by atoms with E-state index in [1.165, 1.54) is 24.3 Å². The maximum atomic E-state index is 11.9. The van der Waals surface area contributed by atoms with Crippen LogP contribution in [0.1, 0.15) is 11.8 Å². The fraction of sp³-hybridized carbons (Fsp3) is 0. The minimum Gasteiger partial charge on any atom is -1.00 e. The van der Waals surface area contributed by atoms with Crippen LogP contribution in [0.25, 0.3) is 0 Å². The molecule has 0 bridgehead atoms. The van der Waals surface area contributed by atoms with Gasteiger partial charge in [-0.2, -0.15) is 8.42 Å². The number of carbonyl (C=O) groups excluding carboxylic acids is 1. The third kappa shape index (κ3) is 4.83. The van der Waals surface area contributed by atoms with Gasteiger partial charge in [0.1, 0.15) is 0 Å². The zero-order valence-electron chi connectivity index (χ0n) is 12.3. The molecular weight excluding hydrogens is 303 g/mol. The summed E-state index contributed by atoms with van der Waals surface area (Å²) in [6.07, 6.45) is 0. The number of nitrogens with one attached hydrogen (secondary N) is 1. The molecule has 8 heteroatoms. The quantitative estimate of drug-likeness (QED) is 0.378. The number of nitrogen functional groups attached to an aromatic ring is 1. The first-order valence-corrected chi connectivity index (χ1v) is 7.05. The number of carbonyl (C=O) groups is 1. The van der Waals surface area contributed by atoms with Crippen LogP contribution in [0, 0.1) is 0 Å². The Morgan fingerprint density at radius 3 is 2.05 bits per heavy atom. The Balaban J connectivity index is 0.00000220. The summed E-state index contributed by atoms with van der Waals surface area (Å²) in [5.41, 5.74) is 6.92. The molecule has 0 fully saturated rings. The van der Waals surface area contributed by atoms with Crippen LogP contribution in [0.3, 0.4) is 0 Å². The Labute approximate surface area is 145 Å². The van der Waals surface area contributed by atoms with Crippen molar-refractivity contribution in [1.29, 1.82) is 0 Å². The molecule has 6 nitrogen and oxygen atoms in total. The molecule has 0 radical (unpaired) electrons. The minimum absolute atomic E-state index is 0. The van der Waals surface area contributed by atoms with Crippen LogP contribution in [-0.4, -0.2) is 18.9 Å². The van der Waals surface area contributed by atoms with E-state index in [1.54, 1.807) is 24.3 Å². The molecule has 0 aliphatic heterocycles. The van der Waals surface area contributed by atoms with Crippen molar-refractivity contribution in [2.24, 2.45) is 0 Å². The monoisotopic (exact) mass is 316 g/mol. The molecule has 2 aromatic carbocycles. The molecule has 0 aromatic heterocycles. The predicted octanol–water partition coefficient (Wildman–Crippen LogP) is -1.12. The van der Waals surface area contributed by atoms with Gasteiger partial charge in [0.25, 0.3) is 16.0 Å². The molecule has 0 aliphatic rings. The van der Waals surface area contributed by atoms with E-state index in [2.05, 4.69) is 5.32 Å². The standard InChI is InChI=1S/C13H12N2O4S.Na.H/c14-10-3-1-9(2-4-10)13(16)15-11-5-7-12(8-6-11)20(17,18)19;;/h1-8H,14H2,(H,15,16)(H,17,18,19);;/q;+1;-1. The van der Waals surface area contributed by atoms with Crippen LogP contribution in [0.15, 0.2) is 53.4 Å². The van der Waals surface area contributed by atoms with Crippen LogP contribution < -0.4 is 40.6 Å². The molecule has 1 amide bonds. The van der Waals surface area contributed by atoms with Gasteiger partial charge in [-0.15, -0.1) is 0 Å².